The Morgan fingerprint density at radius 1 is 1.17 bits per heavy atom. The van der Waals surface area contributed by atoms with E-state index in [2.05, 4.69) is 20.9 Å². The second-order valence-corrected chi connectivity index (χ2v) is 10.3. The van der Waals surface area contributed by atoms with Crippen molar-refractivity contribution in [3.05, 3.63) is 65.4 Å². The Kier molecular flexibility index (Phi) is 8.94. The maximum atomic E-state index is 13.6. The van der Waals surface area contributed by atoms with Gasteiger partial charge in [-0.05, 0) is 59.7 Å². The highest BCUT2D eigenvalue weighted by Gasteiger charge is 2.35. The van der Waals surface area contributed by atoms with Gasteiger partial charge in [0.1, 0.15) is 0 Å². The van der Waals surface area contributed by atoms with E-state index >= 15 is 0 Å². The minimum atomic E-state index is -4.74. The number of hydrogen-bond acceptors (Lipinski definition) is 6. The van der Waals surface area contributed by atoms with Gasteiger partial charge in [0.25, 0.3) is 6.20 Å². The van der Waals surface area contributed by atoms with Crippen LogP contribution < -0.4 is 20.4 Å². The van der Waals surface area contributed by atoms with Crippen LogP contribution in [0.25, 0.3) is 0 Å². The fourth-order valence-corrected chi connectivity index (χ4v) is 4.82. The Morgan fingerprint density at radius 3 is 2.63 bits per heavy atom. The molecule has 3 aromatic rings. The molecule has 1 aliphatic rings. The fourth-order valence-electron chi connectivity index (χ4n) is 4.82. The number of rotatable bonds is 7. The van der Waals surface area contributed by atoms with Crippen molar-refractivity contribution in [2.24, 2.45) is 10.9 Å². The number of anilines is 2. The van der Waals surface area contributed by atoms with Crippen LogP contribution in [0, 0.1) is 12.8 Å². The number of nitrogens with zero attached hydrogens (tertiary/aromatic N) is 4. The van der Waals surface area contributed by atoms with Crippen LogP contribution in [0.15, 0.2) is 58.2 Å². The number of urea groups is 1. The first-order chi connectivity index (χ1) is 19.4. The number of aromatic nitrogens is 2. The van der Waals surface area contributed by atoms with E-state index in [1.165, 1.54) is 16.9 Å². The summed E-state index contributed by atoms with van der Waals surface area (Å²) in [6, 6.07) is 8.82. The maximum Gasteiger partial charge on any atom is 0.416 e. The standard InChI is InChI=1S/C28H31F3N6O4/c1-17-7-4-5-8-18(17)12-24(38)32-21-13-20(28(29,30)31)14-22(15-21)33-27(40)34-25-16-37(35-41-25)23-10-6-9-19(11-23)26(39)36(2)3/h4-5,7-8,13-16,19,23H,6,9-12H2,1-3H3,(H2-,32,33,34,35,38,40)/t19-,23-/m0/s1. The first-order valence-corrected chi connectivity index (χ1v) is 13.1. The zero-order chi connectivity index (χ0) is 29.7. The van der Waals surface area contributed by atoms with E-state index in [4.69, 9.17) is 4.52 Å². The van der Waals surface area contributed by atoms with Crippen molar-refractivity contribution in [1.29, 1.82) is 0 Å². The largest absolute Gasteiger partial charge is 0.861 e. The molecule has 2 atom stereocenters. The van der Waals surface area contributed by atoms with Gasteiger partial charge in [-0.1, -0.05) is 24.3 Å². The molecule has 2 N–H and O–H groups in total. The molecule has 0 bridgehead atoms. The van der Waals surface area contributed by atoms with Gasteiger partial charge in [-0.25, -0.2) is 4.79 Å². The molecular weight excluding hydrogens is 541 g/mol. The molecule has 0 unspecified atom stereocenters. The number of carbonyl (C=O) groups excluding carboxylic acids is 2. The molecule has 41 heavy (non-hydrogen) atoms. The Hall–Kier alpha value is -4.42. The van der Waals surface area contributed by atoms with Crippen molar-refractivity contribution in [3.63, 3.8) is 0 Å². The smallest absolute Gasteiger partial charge is 0.416 e. The molecule has 0 aliphatic heterocycles. The van der Waals surface area contributed by atoms with Crippen LogP contribution in [0.4, 0.5) is 35.2 Å². The summed E-state index contributed by atoms with van der Waals surface area (Å²) in [5.74, 6) is -0.760. The highest BCUT2D eigenvalue weighted by atomic mass is 19.4. The van der Waals surface area contributed by atoms with Gasteiger partial charge >= 0.3 is 18.1 Å². The molecule has 4 rings (SSSR count). The van der Waals surface area contributed by atoms with Crippen LogP contribution in [0.3, 0.4) is 0 Å². The lowest BCUT2D eigenvalue weighted by molar-refractivity contribution is -0.787. The first-order valence-electron chi connectivity index (χ1n) is 13.1. The molecule has 1 aliphatic carbocycles. The van der Waals surface area contributed by atoms with Gasteiger partial charge in [0, 0.05) is 45.0 Å². The van der Waals surface area contributed by atoms with Crippen LogP contribution in [-0.2, 0) is 17.4 Å². The number of alkyl halides is 3. The summed E-state index contributed by atoms with van der Waals surface area (Å²) in [6.07, 6.45) is -0.402. The summed E-state index contributed by atoms with van der Waals surface area (Å²) < 4.78 is 47.4. The number of aryl methyl sites for hydroxylation is 1. The van der Waals surface area contributed by atoms with Gasteiger partial charge in [0.05, 0.1) is 11.3 Å². The third kappa shape index (κ3) is 7.83. The second-order valence-electron chi connectivity index (χ2n) is 10.3. The molecule has 10 nitrogen and oxygen atoms in total. The van der Waals surface area contributed by atoms with Crippen LogP contribution in [0.1, 0.15) is 48.4 Å². The third-order valence-electron chi connectivity index (χ3n) is 6.89. The van der Waals surface area contributed by atoms with E-state index < -0.39 is 23.7 Å². The average molecular weight is 573 g/mol. The number of carbonyl (C=O) groups is 2. The zero-order valence-corrected chi connectivity index (χ0v) is 22.9. The third-order valence-corrected chi connectivity index (χ3v) is 6.89. The monoisotopic (exact) mass is 572 g/mol. The van der Waals surface area contributed by atoms with Gasteiger partial charge in [-0.2, -0.15) is 13.2 Å². The van der Waals surface area contributed by atoms with Crippen molar-refractivity contribution >= 4 is 35.1 Å². The maximum absolute atomic E-state index is 13.6. The summed E-state index contributed by atoms with van der Waals surface area (Å²) in [5, 5.41) is 21.2. The molecule has 3 amide bonds. The summed E-state index contributed by atoms with van der Waals surface area (Å²) in [7, 11) is 3.42. The molecule has 1 saturated carbocycles. The Morgan fingerprint density at radius 2 is 1.93 bits per heavy atom. The second kappa shape index (κ2) is 12.4. The highest BCUT2D eigenvalue weighted by molar-refractivity contribution is 5.99. The lowest BCUT2D eigenvalue weighted by atomic mass is 9.85. The number of benzene rings is 2. The highest BCUT2D eigenvalue weighted by Crippen LogP contribution is 2.34. The quantitative estimate of drug-likeness (QED) is 0.247. The van der Waals surface area contributed by atoms with Crippen LogP contribution in [-0.4, -0.2) is 42.1 Å². The number of nitrogens with one attached hydrogen (secondary N) is 2. The number of hydrogen-bond donors (Lipinski definition) is 2. The molecule has 13 heteroatoms. The minimum absolute atomic E-state index is 0.0335. The van der Waals surface area contributed by atoms with Crippen LogP contribution in [0.2, 0.25) is 0 Å². The van der Waals surface area contributed by atoms with E-state index in [9.17, 15) is 27.9 Å². The van der Waals surface area contributed by atoms with Crippen molar-refractivity contribution in [2.75, 3.05) is 24.7 Å². The van der Waals surface area contributed by atoms with Gasteiger partial charge in [0.2, 0.25) is 11.2 Å². The van der Waals surface area contributed by atoms with E-state index in [0.717, 1.165) is 37.0 Å². The molecule has 1 heterocycles. The molecular formula is C28H31F3N6O4. The summed E-state index contributed by atoms with van der Waals surface area (Å²) in [4.78, 5) is 30.4. The van der Waals surface area contributed by atoms with Crippen molar-refractivity contribution in [1.82, 2.24) is 10.2 Å². The molecule has 1 fully saturated rings. The zero-order valence-electron chi connectivity index (χ0n) is 22.9. The summed E-state index contributed by atoms with van der Waals surface area (Å²) >= 11 is 0. The topological polar surface area (TPSA) is 127 Å². The molecule has 0 radical (unpaired) electrons. The predicted octanol–water partition coefficient (Wildman–Crippen LogP) is 4.39. The number of amides is 3. The van der Waals surface area contributed by atoms with Gasteiger partial charge < -0.3 is 15.3 Å². The molecule has 0 spiro atoms. The van der Waals surface area contributed by atoms with Crippen molar-refractivity contribution in [2.45, 2.75) is 51.2 Å². The minimum Gasteiger partial charge on any atom is -0.861 e. The SMILES string of the molecule is Cc1ccccc1CC([O-])=Nc1cc(NC(=O)Nc2c[n+]([C@H]3CCC[C@H](C(=O)N(C)C)C3)no2)cc(C(F)(F)F)c1. The molecule has 2 aromatic carbocycles. The van der Waals surface area contributed by atoms with Gasteiger partial charge in [-0.15, -0.1) is 0 Å². The van der Waals surface area contributed by atoms with E-state index in [1.807, 2.05) is 19.1 Å². The Balaban J connectivity index is 1.45. The Labute approximate surface area is 234 Å². The lowest BCUT2D eigenvalue weighted by Gasteiger charge is -2.25. The number of halogens is 3. The first kappa shape index (κ1) is 29.6. The van der Waals surface area contributed by atoms with Gasteiger partial charge in [-0.3, -0.25) is 19.6 Å². The molecule has 1 aromatic heterocycles. The van der Waals surface area contributed by atoms with Crippen LogP contribution >= 0.6 is 0 Å². The van der Waals surface area contributed by atoms with Crippen molar-refractivity contribution in [3.8, 4) is 0 Å². The lowest BCUT2D eigenvalue weighted by Crippen LogP contribution is -2.45. The van der Waals surface area contributed by atoms with E-state index in [-0.39, 0.29) is 41.5 Å². The van der Waals surface area contributed by atoms with E-state index in [0.29, 0.717) is 12.0 Å². The summed E-state index contributed by atoms with van der Waals surface area (Å²) in [6.45, 7) is 1.82. The van der Waals surface area contributed by atoms with Crippen molar-refractivity contribution < 1.29 is 37.1 Å². The van der Waals surface area contributed by atoms with Gasteiger partial charge in [0.15, 0.2) is 6.04 Å². The summed E-state index contributed by atoms with van der Waals surface area (Å²) in [5.41, 5.74) is 0.0331. The predicted molar refractivity (Wildman–Crippen MR) is 142 cm³/mol. The molecule has 0 saturated heterocycles. The van der Waals surface area contributed by atoms with E-state index in [1.54, 1.807) is 31.1 Å². The number of aliphatic imine (C=N–C) groups is 1. The average Bonchev–Trinajstić information content (AvgIpc) is 3.37. The molecule has 218 valence electrons. The van der Waals surface area contributed by atoms with Crippen LogP contribution in [0.5, 0.6) is 0 Å². The fraction of sp³-hybridized carbons (Fsp3) is 0.393. The Bertz CT molecular complexity index is 1440. The normalized spacial score (nSPS) is 17.7.